The summed E-state index contributed by atoms with van der Waals surface area (Å²) < 4.78 is 4.95. The van der Waals surface area contributed by atoms with Crippen molar-refractivity contribution in [3.63, 3.8) is 0 Å². The van der Waals surface area contributed by atoms with Crippen molar-refractivity contribution < 1.29 is 14.9 Å². The zero-order valence-corrected chi connectivity index (χ0v) is 8.10. The Labute approximate surface area is 82.9 Å². The number of para-hydroxylation sites is 1. The van der Waals surface area contributed by atoms with Gasteiger partial charge in [-0.2, -0.15) is 0 Å². The van der Waals surface area contributed by atoms with Crippen LogP contribution in [0.4, 0.5) is 0 Å². The van der Waals surface area contributed by atoms with Gasteiger partial charge in [-0.3, -0.25) is 0 Å². The van der Waals surface area contributed by atoms with Crippen molar-refractivity contribution in [3.8, 4) is 11.5 Å². The predicted octanol–water partition coefficient (Wildman–Crippen LogP) is 0.783. The van der Waals surface area contributed by atoms with Crippen molar-refractivity contribution in [1.29, 1.82) is 0 Å². The number of hydrogen-bond donors (Lipinski definition) is 3. The molecule has 0 aliphatic rings. The second kappa shape index (κ2) is 4.83. The minimum atomic E-state index is -0.366. The van der Waals surface area contributed by atoms with Crippen LogP contribution in [0.1, 0.15) is 18.0 Å². The standard InChI is InChI=1S/C10H15NO3/c1-14-9-4-2-3-7(10(9)13)8(11)5-6-12/h2-4,8,12-13H,5-6,11H2,1H3/t8-/m1/s1. The monoisotopic (exact) mass is 197 g/mol. The van der Waals surface area contributed by atoms with Crippen LogP contribution in [0, 0.1) is 0 Å². The van der Waals surface area contributed by atoms with Gasteiger partial charge in [-0.1, -0.05) is 12.1 Å². The van der Waals surface area contributed by atoms with Gasteiger partial charge in [0.05, 0.1) is 7.11 Å². The molecule has 1 aromatic rings. The first-order chi connectivity index (χ1) is 6.70. The van der Waals surface area contributed by atoms with E-state index in [1.165, 1.54) is 7.11 Å². The molecule has 0 aliphatic carbocycles. The Bertz CT molecular complexity index is 301. The maximum Gasteiger partial charge on any atom is 0.162 e. The molecule has 0 spiro atoms. The minimum absolute atomic E-state index is 0.00217. The van der Waals surface area contributed by atoms with Gasteiger partial charge >= 0.3 is 0 Å². The van der Waals surface area contributed by atoms with E-state index in [-0.39, 0.29) is 18.4 Å². The third kappa shape index (κ3) is 2.16. The quantitative estimate of drug-likeness (QED) is 0.666. The number of benzene rings is 1. The van der Waals surface area contributed by atoms with E-state index in [1.54, 1.807) is 18.2 Å². The first-order valence-corrected chi connectivity index (χ1v) is 4.43. The summed E-state index contributed by atoms with van der Waals surface area (Å²) in [5.41, 5.74) is 6.35. The van der Waals surface area contributed by atoms with Gasteiger partial charge in [0.1, 0.15) is 0 Å². The predicted molar refractivity (Wildman–Crippen MR) is 53.3 cm³/mol. The van der Waals surface area contributed by atoms with Crippen LogP contribution in [-0.2, 0) is 0 Å². The van der Waals surface area contributed by atoms with E-state index in [1.807, 2.05) is 0 Å². The van der Waals surface area contributed by atoms with Gasteiger partial charge in [0.25, 0.3) is 0 Å². The van der Waals surface area contributed by atoms with Gasteiger partial charge in [-0.15, -0.1) is 0 Å². The molecule has 0 amide bonds. The maximum absolute atomic E-state index is 9.70. The molecule has 4 nitrogen and oxygen atoms in total. The van der Waals surface area contributed by atoms with Crippen molar-refractivity contribution in [2.75, 3.05) is 13.7 Å². The fraction of sp³-hybridized carbons (Fsp3) is 0.400. The molecule has 4 N–H and O–H groups in total. The Hall–Kier alpha value is -1.26. The fourth-order valence-corrected chi connectivity index (χ4v) is 1.30. The molecular formula is C10H15NO3. The second-order valence-electron chi connectivity index (χ2n) is 3.02. The Balaban J connectivity index is 2.96. The highest BCUT2D eigenvalue weighted by Gasteiger charge is 2.13. The first kappa shape index (κ1) is 10.8. The number of methoxy groups -OCH3 is 1. The average molecular weight is 197 g/mol. The van der Waals surface area contributed by atoms with E-state index in [9.17, 15) is 5.11 Å². The van der Waals surface area contributed by atoms with E-state index in [0.29, 0.717) is 17.7 Å². The summed E-state index contributed by atoms with van der Waals surface area (Å²) in [5.74, 6) is 0.451. The van der Waals surface area contributed by atoms with Gasteiger partial charge in [-0.25, -0.2) is 0 Å². The van der Waals surface area contributed by atoms with E-state index < -0.39 is 0 Å². The Morgan fingerprint density at radius 3 is 2.79 bits per heavy atom. The molecule has 1 aromatic carbocycles. The van der Waals surface area contributed by atoms with Gasteiger partial charge in [0.2, 0.25) is 0 Å². The molecular weight excluding hydrogens is 182 g/mol. The number of aliphatic hydroxyl groups excluding tert-OH is 1. The van der Waals surface area contributed by atoms with E-state index in [0.717, 1.165) is 0 Å². The summed E-state index contributed by atoms with van der Waals surface area (Å²) in [6.45, 7) is -0.00217. The number of aromatic hydroxyl groups is 1. The molecule has 0 saturated heterocycles. The number of phenols is 1. The van der Waals surface area contributed by atoms with Gasteiger partial charge < -0.3 is 20.7 Å². The van der Waals surface area contributed by atoms with Crippen LogP contribution in [-0.4, -0.2) is 23.9 Å². The summed E-state index contributed by atoms with van der Waals surface area (Å²) in [5, 5.41) is 18.4. The third-order valence-electron chi connectivity index (χ3n) is 2.09. The van der Waals surface area contributed by atoms with Crippen LogP contribution in [0.3, 0.4) is 0 Å². The lowest BCUT2D eigenvalue weighted by atomic mass is 10.0. The number of hydrogen-bond acceptors (Lipinski definition) is 4. The van der Waals surface area contributed by atoms with E-state index in [2.05, 4.69) is 0 Å². The number of rotatable bonds is 4. The van der Waals surface area contributed by atoms with Gasteiger partial charge in [0.15, 0.2) is 11.5 Å². The fourth-order valence-electron chi connectivity index (χ4n) is 1.30. The molecule has 0 heterocycles. The molecule has 1 atom stereocenters. The molecule has 0 saturated carbocycles. The highest BCUT2D eigenvalue weighted by molar-refractivity contribution is 5.46. The number of aliphatic hydroxyl groups is 1. The SMILES string of the molecule is COc1cccc([C@H](N)CCO)c1O. The van der Waals surface area contributed by atoms with Gasteiger partial charge in [-0.05, 0) is 12.5 Å². The summed E-state index contributed by atoms with van der Waals surface area (Å²) in [6, 6.07) is 4.77. The molecule has 0 aliphatic heterocycles. The highest BCUT2D eigenvalue weighted by atomic mass is 16.5. The molecule has 0 bridgehead atoms. The van der Waals surface area contributed by atoms with Crippen LogP contribution >= 0.6 is 0 Å². The van der Waals surface area contributed by atoms with E-state index >= 15 is 0 Å². The normalized spacial score (nSPS) is 12.5. The lowest BCUT2D eigenvalue weighted by Crippen LogP contribution is -2.12. The van der Waals surface area contributed by atoms with Crippen LogP contribution in [0.15, 0.2) is 18.2 Å². The van der Waals surface area contributed by atoms with Crippen LogP contribution < -0.4 is 10.5 Å². The number of nitrogens with two attached hydrogens (primary N) is 1. The maximum atomic E-state index is 9.70. The molecule has 4 heteroatoms. The molecule has 1 rings (SSSR count). The van der Waals surface area contributed by atoms with Crippen LogP contribution in [0.25, 0.3) is 0 Å². The third-order valence-corrected chi connectivity index (χ3v) is 2.09. The van der Waals surface area contributed by atoms with Gasteiger partial charge in [0, 0.05) is 18.2 Å². The lowest BCUT2D eigenvalue weighted by Gasteiger charge is -2.14. The van der Waals surface area contributed by atoms with Crippen molar-refractivity contribution in [1.82, 2.24) is 0 Å². The summed E-state index contributed by atoms with van der Waals surface area (Å²) in [6.07, 6.45) is 0.417. The Morgan fingerprint density at radius 2 is 2.21 bits per heavy atom. The van der Waals surface area contributed by atoms with Crippen LogP contribution in [0.2, 0.25) is 0 Å². The Kier molecular flexibility index (Phi) is 3.73. The highest BCUT2D eigenvalue weighted by Crippen LogP contribution is 2.33. The molecule has 14 heavy (non-hydrogen) atoms. The molecule has 0 aromatic heterocycles. The minimum Gasteiger partial charge on any atom is -0.504 e. The van der Waals surface area contributed by atoms with Crippen molar-refractivity contribution >= 4 is 0 Å². The average Bonchev–Trinajstić information content (AvgIpc) is 2.18. The summed E-state index contributed by atoms with van der Waals surface area (Å²) >= 11 is 0. The zero-order valence-electron chi connectivity index (χ0n) is 8.10. The first-order valence-electron chi connectivity index (χ1n) is 4.43. The zero-order chi connectivity index (χ0) is 10.6. The lowest BCUT2D eigenvalue weighted by molar-refractivity contribution is 0.275. The van der Waals surface area contributed by atoms with Crippen molar-refractivity contribution in [2.24, 2.45) is 5.73 Å². The smallest absolute Gasteiger partial charge is 0.162 e. The van der Waals surface area contributed by atoms with Crippen molar-refractivity contribution in [3.05, 3.63) is 23.8 Å². The summed E-state index contributed by atoms with van der Waals surface area (Å²) in [4.78, 5) is 0. The van der Waals surface area contributed by atoms with Crippen LogP contribution in [0.5, 0.6) is 11.5 Å². The van der Waals surface area contributed by atoms with Crippen molar-refractivity contribution in [2.45, 2.75) is 12.5 Å². The second-order valence-corrected chi connectivity index (χ2v) is 3.02. The number of ether oxygens (including phenoxy) is 1. The Morgan fingerprint density at radius 1 is 1.50 bits per heavy atom. The summed E-state index contributed by atoms with van der Waals surface area (Å²) in [7, 11) is 1.48. The molecule has 0 fully saturated rings. The topological polar surface area (TPSA) is 75.7 Å². The largest absolute Gasteiger partial charge is 0.504 e. The molecule has 0 unspecified atom stereocenters. The van der Waals surface area contributed by atoms with E-state index in [4.69, 9.17) is 15.6 Å². The molecule has 0 radical (unpaired) electrons. The molecule has 78 valence electrons. The number of phenolic OH excluding ortho intramolecular Hbond substituents is 1.